The van der Waals surface area contributed by atoms with Crippen LogP contribution >= 0.6 is 0 Å². The zero-order valence-corrected chi connectivity index (χ0v) is 14.0. The Balaban J connectivity index is 2.08. The van der Waals surface area contributed by atoms with Gasteiger partial charge in [-0.25, -0.2) is 4.21 Å². The molecule has 0 N–H and O–H groups in total. The first kappa shape index (κ1) is 15.0. The van der Waals surface area contributed by atoms with Crippen molar-refractivity contribution in [2.45, 2.75) is 36.0 Å². The van der Waals surface area contributed by atoms with Gasteiger partial charge in [0.15, 0.2) is 0 Å². The lowest BCUT2D eigenvalue weighted by molar-refractivity contribution is 0.591. The molecule has 2 aliphatic rings. The van der Waals surface area contributed by atoms with Crippen molar-refractivity contribution in [3.8, 4) is 11.1 Å². The van der Waals surface area contributed by atoms with Crippen molar-refractivity contribution in [3.05, 3.63) is 72.3 Å². The van der Waals surface area contributed by atoms with E-state index in [1.807, 2.05) is 36.4 Å². The zero-order chi connectivity index (χ0) is 15.7. The van der Waals surface area contributed by atoms with Gasteiger partial charge in [0.1, 0.15) is 0 Å². The van der Waals surface area contributed by atoms with E-state index in [2.05, 4.69) is 51.1 Å². The van der Waals surface area contributed by atoms with Gasteiger partial charge in [0.05, 0.1) is 15.7 Å². The summed E-state index contributed by atoms with van der Waals surface area (Å²) >= 11 is 0. The van der Waals surface area contributed by atoms with E-state index in [4.69, 9.17) is 0 Å². The van der Waals surface area contributed by atoms with E-state index in [1.54, 1.807) is 0 Å². The number of fused-ring (bicyclic) bond motifs is 1. The Bertz CT molecular complexity index is 784. The van der Waals surface area contributed by atoms with Crippen LogP contribution in [-0.4, -0.2) is 4.21 Å². The fraction of sp³-hybridized carbons (Fsp3) is 0.200. The van der Waals surface area contributed by atoms with Crippen LogP contribution in [0.5, 0.6) is 0 Å². The molecule has 0 saturated carbocycles. The topological polar surface area (TPSA) is 17.1 Å². The summed E-state index contributed by atoms with van der Waals surface area (Å²) in [6.07, 6.45) is 0. The molecule has 0 radical (unpaired) electrons. The Labute approximate surface area is 134 Å². The van der Waals surface area contributed by atoms with Crippen LogP contribution in [0, 0.1) is 0 Å². The molecule has 0 aromatic heterocycles. The van der Waals surface area contributed by atoms with Gasteiger partial charge in [0.2, 0.25) is 0 Å². The van der Waals surface area contributed by atoms with E-state index >= 15 is 0 Å². The summed E-state index contributed by atoms with van der Waals surface area (Å²) in [5.41, 5.74) is 3.59. The molecule has 1 aromatic carbocycles. The van der Waals surface area contributed by atoms with Gasteiger partial charge in [-0.3, -0.25) is 0 Å². The van der Waals surface area contributed by atoms with Crippen LogP contribution in [0.2, 0.25) is 0 Å². The molecule has 0 heterocycles. The van der Waals surface area contributed by atoms with E-state index in [0.717, 1.165) is 20.9 Å². The van der Waals surface area contributed by atoms with Crippen molar-refractivity contribution >= 4 is 10.8 Å². The molecule has 1 unspecified atom stereocenters. The van der Waals surface area contributed by atoms with Crippen molar-refractivity contribution in [1.82, 2.24) is 0 Å². The van der Waals surface area contributed by atoms with Crippen molar-refractivity contribution in [2.75, 3.05) is 0 Å². The average molecular weight is 308 g/mol. The van der Waals surface area contributed by atoms with Gasteiger partial charge in [0.25, 0.3) is 0 Å². The van der Waals surface area contributed by atoms with Crippen LogP contribution in [0.1, 0.15) is 26.3 Å². The molecule has 112 valence electrons. The summed E-state index contributed by atoms with van der Waals surface area (Å²) in [6.45, 7) is 6.61. The molecule has 0 saturated heterocycles. The quantitative estimate of drug-likeness (QED) is 0.631. The van der Waals surface area contributed by atoms with E-state index in [9.17, 15) is 4.21 Å². The molecule has 1 atom stereocenters. The second kappa shape index (κ2) is 5.69. The highest BCUT2D eigenvalue weighted by Crippen LogP contribution is 2.33. The van der Waals surface area contributed by atoms with Gasteiger partial charge < -0.3 is 0 Å². The predicted molar refractivity (Wildman–Crippen MR) is 92.9 cm³/mol. The molecule has 2 heteroatoms. The Morgan fingerprint density at radius 2 is 1.41 bits per heavy atom. The summed E-state index contributed by atoms with van der Waals surface area (Å²) in [7, 11) is -1.14. The predicted octanol–water partition coefficient (Wildman–Crippen LogP) is 5.26. The maximum atomic E-state index is 12.8. The minimum absolute atomic E-state index is 0.106. The van der Waals surface area contributed by atoms with Gasteiger partial charge in [-0.15, -0.1) is 0 Å². The van der Waals surface area contributed by atoms with Crippen molar-refractivity contribution in [3.63, 3.8) is 0 Å². The van der Waals surface area contributed by atoms with Crippen LogP contribution in [0.25, 0.3) is 11.1 Å². The third-order valence-corrected chi connectivity index (χ3v) is 5.34. The number of hydrogen-bond acceptors (Lipinski definition) is 1. The minimum Gasteiger partial charge on any atom is -0.249 e. The first-order chi connectivity index (χ1) is 10.5. The highest BCUT2D eigenvalue weighted by atomic mass is 32.2. The average Bonchev–Trinajstić information content (AvgIpc) is 2.76. The highest BCUT2D eigenvalue weighted by molar-refractivity contribution is 7.85. The molecule has 22 heavy (non-hydrogen) atoms. The van der Waals surface area contributed by atoms with Gasteiger partial charge in [-0.05, 0) is 40.3 Å². The van der Waals surface area contributed by atoms with Gasteiger partial charge in [-0.1, -0.05) is 69.3 Å². The second-order valence-electron chi connectivity index (χ2n) is 6.52. The Morgan fingerprint density at radius 1 is 0.773 bits per heavy atom. The maximum Gasteiger partial charge on any atom is 0.0855 e. The summed E-state index contributed by atoms with van der Waals surface area (Å²) < 4.78 is 12.8. The molecular weight excluding hydrogens is 288 g/mol. The van der Waals surface area contributed by atoms with Crippen LogP contribution < -0.4 is 0 Å². The molecule has 0 aliphatic heterocycles. The number of rotatable bonds is 2. The van der Waals surface area contributed by atoms with E-state index in [-0.39, 0.29) is 5.41 Å². The Kier molecular flexibility index (Phi) is 3.88. The molecule has 0 spiro atoms. The Hall–Kier alpha value is -1.93. The molecule has 0 fully saturated rings. The molecule has 1 nitrogen and oxygen atoms in total. The van der Waals surface area contributed by atoms with Crippen LogP contribution in [-0.2, 0) is 16.2 Å². The molecule has 1 aromatic rings. The monoisotopic (exact) mass is 308 g/mol. The summed E-state index contributed by atoms with van der Waals surface area (Å²) in [5, 5.41) is 0. The fourth-order valence-electron chi connectivity index (χ4n) is 2.55. The highest BCUT2D eigenvalue weighted by Gasteiger charge is 2.17. The number of benzene rings is 1. The van der Waals surface area contributed by atoms with E-state index in [1.165, 1.54) is 5.56 Å². The lowest BCUT2D eigenvalue weighted by atomic mass is 9.88. The van der Waals surface area contributed by atoms with E-state index in [0.29, 0.717) is 0 Å². The van der Waals surface area contributed by atoms with Gasteiger partial charge in [-0.2, -0.15) is 0 Å². The maximum absolute atomic E-state index is 12.8. The molecule has 2 aliphatic carbocycles. The van der Waals surface area contributed by atoms with Crippen LogP contribution in [0.3, 0.4) is 0 Å². The molecule has 0 amide bonds. The standard InChI is InChI=1S/C20H20OS/c1-20(2,3)16-11-9-15-10-14-19(18(15)13-12-16)22(21)17-7-5-4-6-8-17/h4-14H,1-3H3. The van der Waals surface area contributed by atoms with Crippen molar-refractivity contribution in [1.29, 1.82) is 0 Å². The normalized spacial score (nSPS) is 13.2. The smallest absolute Gasteiger partial charge is 0.0855 e. The SMILES string of the molecule is CC(C)(C)c1ccc2ccc(S(=O)c3ccccc3)c-2cc1. The third-order valence-electron chi connectivity index (χ3n) is 3.89. The summed E-state index contributed by atoms with van der Waals surface area (Å²) in [6, 6.07) is 22.2. The van der Waals surface area contributed by atoms with Crippen LogP contribution in [0.4, 0.5) is 0 Å². The first-order valence-corrected chi connectivity index (χ1v) is 8.62. The van der Waals surface area contributed by atoms with E-state index < -0.39 is 10.8 Å². The van der Waals surface area contributed by atoms with Crippen molar-refractivity contribution < 1.29 is 4.21 Å². The van der Waals surface area contributed by atoms with Gasteiger partial charge in [0, 0.05) is 4.90 Å². The second-order valence-corrected chi connectivity index (χ2v) is 7.97. The van der Waals surface area contributed by atoms with Crippen LogP contribution in [0.15, 0.2) is 76.5 Å². The lowest BCUT2D eigenvalue weighted by Crippen LogP contribution is -2.09. The summed E-state index contributed by atoms with van der Waals surface area (Å²) in [4.78, 5) is 1.73. The zero-order valence-electron chi connectivity index (χ0n) is 13.2. The molecule has 0 bridgehead atoms. The summed E-state index contributed by atoms with van der Waals surface area (Å²) in [5.74, 6) is 0. The number of hydrogen-bond donors (Lipinski definition) is 0. The van der Waals surface area contributed by atoms with Crippen molar-refractivity contribution in [2.24, 2.45) is 0 Å². The largest absolute Gasteiger partial charge is 0.249 e. The molecule has 3 rings (SSSR count). The van der Waals surface area contributed by atoms with Gasteiger partial charge >= 0.3 is 0 Å². The molecular formula is C20H20OS. The Morgan fingerprint density at radius 3 is 2.09 bits per heavy atom. The fourth-order valence-corrected chi connectivity index (χ4v) is 3.79. The first-order valence-electron chi connectivity index (χ1n) is 7.47. The lowest BCUT2D eigenvalue weighted by Gasteiger charge is -2.17. The third kappa shape index (κ3) is 2.84. The minimum atomic E-state index is -1.14.